The molecule has 0 aliphatic heterocycles. The normalized spacial score (nSPS) is 21.2. The molecular weight excluding hydrogens is 340 g/mol. The molecule has 1 aliphatic rings. The number of aromatic nitrogens is 2. The zero-order valence-corrected chi connectivity index (χ0v) is 13.8. The zero-order valence-electron chi connectivity index (χ0n) is 12.3. The number of halogens is 3. The van der Waals surface area contributed by atoms with Gasteiger partial charge in [-0.2, -0.15) is 5.10 Å². The Balaban J connectivity index is 1.63. The molecule has 1 aromatic heterocycles. The van der Waals surface area contributed by atoms with Crippen molar-refractivity contribution in [1.82, 2.24) is 9.78 Å². The van der Waals surface area contributed by atoms with Crippen LogP contribution in [0.4, 0.5) is 10.1 Å². The average Bonchev–Trinajstić information content (AvgIpc) is 2.56. The van der Waals surface area contributed by atoms with E-state index >= 15 is 0 Å². The van der Waals surface area contributed by atoms with Gasteiger partial charge in [-0.1, -0.05) is 23.2 Å². The van der Waals surface area contributed by atoms with Crippen LogP contribution < -0.4 is 10.9 Å². The highest BCUT2D eigenvalue weighted by Crippen LogP contribution is 2.29. The molecule has 7 heteroatoms. The molecular formula is C16H16Cl2FN3O. The summed E-state index contributed by atoms with van der Waals surface area (Å²) in [5.74, 6) is -0.246. The third-order valence-corrected chi connectivity index (χ3v) is 4.91. The summed E-state index contributed by atoms with van der Waals surface area (Å²) in [4.78, 5) is 12.1. The van der Waals surface area contributed by atoms with Crippen molar-refractivity contribution >= 4 is 28.9 Å². The van der Waals surface area contributed by atoms with Crippen LogP contribution >= 0.6 is 23.2 Å². The highest BCUT2D eigenvalue weighted by Gasteiger charge is 2.24. The molecule has 0 unspecified atom stereocenters. The Bertz CT molecular complexity index is 740. The largest absolute Gasteiger partial charge is 0.382 e. The summed E-state index contributed by atoms with van der Waals surface area (Å²) in [6.07, 6.45) is 4.86. The summed E-state index contributed by atoms with van der Waals surface area (Å²) in [5.41, 5.74) is 0.564. The van der Waals surface area contributed by atoms with Crippen molar-refractivity contribution in [3.8, 4) is 0 Å². The minimum atomic E-state index is -0.339. The van der Waals surface area contributed by atoms with Crippen LogP contribution in [0.1, 0.15) is 31.7 Å². The van der Waals surface area contributed by atoms with E-state index in [4.69, 9.17) is 23.2 Å². The van der Waals surface area contributed by atoms with Gasteiger partial charge in [0.2, 0.25) is 0 Å². The van der Waals surface area contributed by atoms with Crippen LogP contribution in [0, 0.1) is 5.82 Å². The molecule has 1 aromatic carbocycles. The Labute approximate surface area is 143 Å². The molecule has 1 fully saturated rings. The van der Waals surface area contributed by atoms with Gasteiger partial charge >= 0.3 is 0 Å². The monoisotopic (exact) mass is 355 g/mol. The average molecular weight is 356 g/mol. The van der Waals surface area contributed by atoms with Gasteiger partial charge < -0.3 is 5.32 Å². The zero-order chi connectivity index (χ0) is 16.4. The Kier molecular flexibility index (Phi) is 4.87. The van der Waals surface area contributed by atoms with E-state index in [2.05, 4.69) is 10.4 Å². The van der Waals surface area contributed by atoms with Gasteiger partial charge in [0.15, 0.2) is 0 Å². The molecule has 1 heterocycles. The number of hydrogen-bond acceptors (Lipinski definition) is 3. The predicted molar refractivity (Wildman–Crippen MR) is 89.8 cm³/mol. The molecule has 0 spiro atoms. The van der Waals surface area contributed by atoms with Crippen molar-refractivity contribution < 1.29 is 4.39 Å². The number of rotatable bonds is 3. The quantitative estimate of drug-likeness (QED) is 0.893. The second kappa shape index (κ2) is 6.89. The predicted octanol–water partition coefficient (Wildman–Crippen LogP) is 4.29. The second-order valence-corrected chi connectivity index (χ2v) is 6.50. The van der Waals surface area contributed by atoms with Gasteiger partial charge in [-0.05, 0) is 49.9 Å². The fraction of sp³-hybridized carbons (Fsp3) is 0.375. The van der Waals surface area contributed by atoms with Gasteiger partial charge in [-0.25, -0.2) is 9.07 Å². The van der Waals surface area contributed by atoms with E-state index in [1.165, 1.54) is 23.0 Å². The van der Waals surface area contributed by atoms with Gasteiger partial charge in [-0.3, -0.25) is 4.79 Å². The smallest absolute Gasteiger partial charge is 0.287 e. The molecule has 122 valence electrons. The van der Waals surface area contributed by atoms with Crippen LogP contribution in [0.15, 0.2) is 35.3 Å². The first-order valence-corrected chi connectivity index (χ1v) is 8.25. The van der Waals surface area contributed by atoms with Crippen molar-refractivity contribution in [3.05, 3.63) is 56.7 Å². The molecule has 4 nitrogen and oxygen atoms in total. The second-order valence-electron chi connectivity index (χ2n) is 5.71. The van der Waals surface area contributed by atoms with Gasteiger partial charge in [0.25, 0.3) is 5.56 Å². The molecule has 0 atom stereocenters. The first-order valence-electron chi connectivity index (χ1n) is 7.49. The van der Waals surface area contributed by atoms with Crippen LogP contribution in [0.3, 0.4) is 0 Å². The van der Waals surface area contributed by atoms with E-state index in [9.17, 15) is 9.18 Å². The molecule has 0 saturated heterocycles. The van der Waals surface area contributed by atoms with Crippen LogP contribution in [0.5, 0.6) is 0 Å². The lowest BCUT2D eigenvalue weighted by Gasteiger charge is -2.30. The minimum Gasteiger partial charge on any atom is -0.382 e. The van der Waals surface area contributed by atoms with Gasteiger partial charge in [0, 0.05) is 11.7 Å². The lowest BCUT2D eigenvalue weighted by Crippen LogP contribution is -2.33. The molecule has 23 heavy (non-hydrogen) atoms. The number of anilines is 1. The summed E-state index contributed by atoms with van der Waals surface area (Å²) < 4.78 is 14.3. The molecule has 0 bridgehead atoms. The fourth-order valence-electron chi connectivity index (χ4n) is 2.93. The van der Waals surface area contributed by atoms with Crippen LogP contribution in [0.2, 0.25) is 10.0 Å². The maximum Gasteiger partial charge on any atom is 0.287 e. The van der Waals surface area contributed by atoms with E-state index in [-0.39, 0.29) is 27.5 Å². The lowest BCUT2D eigenvalue weighted by molar-refractivity contribution is 0.304. The van der Waals surface area contributed by atoms with Crippen LogP contribution in [-0.2, 0) is 0 Å². The molecule has 1 saturated carbocycles. The van der Waals surface area contributed by atoms with E-state index < -0.39 is 0 Å². The van der Waals surface area contributed by atoms with Gasteiger partial charge in [0.1, 0.15) is 10.8 Å². The topological polar surface area (TPSA) is 46.9 Å². The first kappa shape index (κ1) is 16.3. The molecule has 0 amide bonds. The fourth-order valence-corrected chi connectivity index (χ4v) is 3.19. The minimum absolute atomic E-state index is 0.0215. The third kappa shape index (κ3) is 3.67. The van der Waals surface area contributed by atoms with Crippen molar-refractivity contribution in [3.63, 3.8) is 0 Å². The SMILES string of the molecule is O=c1c(Cl)c(Cl)cnn1C1CCC(Nc2ccc(F)cc2)CC1. The Morgan fingerprint density at radius 1 is 1.13 bits per heavy atom. The summed E-state index contributed by atoms with van der Waals surface area (Å²) in [7, 11) is 0. The maximum absolute atomic E-state index is 12.9. The van der Waals surface area contributed by atoms with Gasteiger partial charge in [0.05, 0.1) is 17.3 Å². The summed E-state index contributed by atoms with van der Waals surface area (Å²) >= 11 is 11.7. The Morgan fingerprint density at radius 3 is 2.43 bits per heavy atom. The standard InChI is InChI=1S/C16H16Cl2FN3O/c17-14-9-20-22(16(23)15(14)18)13-7-5-12(6-8-13)21-11-3-1-10(19)2-4-11/h1-4,9,12-13,21H,5-8H2. The van der Waals surface area contributed by atoms with E-state index in [1.54, 1.807) is 12.1 Å². The van der Waals surface area contributed by atoms with E-state index in [1.807, 2.05) is 0 Å². The van der Waals surface area contributed by atoms with Crippen LogP contribution in [0.25, 0.3) is 0 Å². The lowest BCUT2D eigenvalue weighted by atomic mass is 9.91. The van der Waals surface area contributed by atoms with E-state index in [0.717, 1.165) is 31.4 Å². The third-order valence-electron chi connectivity index (χ3n) is 4.16. The van der Waals surface area contributed by atoms with Crippen molar-refractivity contribution in [2.45, 2.75) is 37.8 Å². The summed E-state index contributed by atoms with van der Waals surface area (Å²) in [5, 5.41) is 7.70. The highest BCUT2D eigenvalue weighted by molar-refractivity contribution is 6.41. The summed E-state index contributed by atoms with van der Waals surface area (Å²) in [6.45, 7) is 0. The number of nitrogens with zero attached hydrogens (tertiary/aromatic N) is 2. The van der Waals surface area contributed by atoms with E-state index in [0.29, 0.717) is 6.04 Å². The maximum atomic E-state index is 12.9. The molecule has 1 aliphatic carbocycles. The molecule has 3 rings (SSSR count). The van der Waals surface area contributed by atoms with Crippen molar-refractivity contribution in [2.75, 3.05) is 5.32 Å². The highest BCUT2D eigenvalue weighted by atomic mass is 35.5. The number of hydrogen-bond donors (Lipinski definition) is 1. The Hall–Kier alpha value is -1.59. The van der Waals surface area contributed by atoms with Crippen molar-refractivity contribution in [1.29, 1.82) is 0 Å². The Morgan fingerprint density at radius 2 is 1.78 bits per heavy atom. The van der Waals surface area contributed by atoms with Crippen LogP contribution in [-0.4, -0.2) is 15.8 Å². The van der Waals surface area contributed by atoms with Crippen molar-refractivity contribution in [2.24, 2.45) is 0 Å². The number of benzene rings is 1. The summed E-state index contributed by atoms with van der Waals surface area (Å²) in [6, 6.07) is 6.66. The molecule has 1 N–H and O–H groups in total. The van der Waals surface area contributed by atoms with Gasteiger partial charge in [-0.15, -0.1) is 0 Å². The number of nitrogens with one attached hydrogen (secondary N) is 1. The molecule has 0 radical (unpaired) electrons. The molecule has 2 aromatic rings. The first-order chi connectivity index (χ1) is 11.0.